The summed E-state index contributed by atoms with van der Waals surface area (Å²) in [6.45, 7) is 3.49. The number of aromatic amines is 1. The minimum Gasteiger partial charge on any atom is -0.462 e. The van der Waals surface area contributed by atoms with E-state index in [2.05, 4.69) is 15.6 Å². The lowest BCUT2D eigenvalue weighted by Crippen LogP contribution is -2.60. The van der Waals surface area contributed by atoms with Crippen LogP contribution in [0.5, 0.6) is 5.75 Å². The van der Waals surface area contributed by atoms with Gasteiger partial charge >= 0.3 is 0 Å². The molecular weight excluding hydrogens is 650 g/mol. The van der Waals surface area contributed by atoms with Crippen molar-refractivity contribution in [1.82, 2.24) is 20.5 Å². The quantitative estimate of drug-likeness (QED) is 0.116. The van der Waals surface area contributed by atoms with E-state index in [0.29, 0.717) is 19.3 Å². The molecule has 1 aromatic heterocycles. The van der Waals surface area contributed by atoms with Crippen molar-refractivity contribution in [2.24, 2.45) is 11.7 Å². The smallest absolute Gasteiger partial charge is 0.251 e. The van der Waals surface area contributed by atoms with Gasteiger partial charge in [-0.2, -0.15) is 0 Å². The van der Waals surface area contributed by atoms with Gasteiger partial charge in [-0.3, -0.25) is 19.2 Å². The SMILES string of the molecule is CC(C)C[C@H](NC(=O)[C@@H]1CCCN1C(=O)[C@H](Cc1c[nH]c2ccccc12)NC(=O)c1ccc(O[C@@H]2O[C@H](CO)[C@H](O)[C@H](O)[C@H]2O)cc1)C(N)=O. The number of rotatable bonds is 13. The number of nitrogens with one attached hydrogen (secondary N) is 3. The standard InChI is InChI=1S/C35H45N5O10/c1-18(2)14-24(31(36)45)38-33(47)26-8-5-13-40(26)34(48)25(15-20-16-37-23-7-4-3-6-22(20)23)39-32(46)19-9-11-21(12-10-19)49-35-30(44)29(43)28(42)27(17-41)50-35/h3-4,6-7,9-12,16,18,24-30,35,37,41-44H,5,8,13-15,17H2,1-2H3,(H2,36,45)(H,38,47)(H,39,46)/t24-,25-,26-,27+,28-,29-,30+,35+/m0/s1. The molecule has 5 rings (SSSR count). The number of hydrogen-bond donors (Lipinski definition) is 8. The number of fused-ring (bicyclic) bond motifs is 1. The second-order valence-corrected chi connectivity index (χ2v) is 13.2. The van der Waals surface area contributed by atoms with E-state index in [1.54, 1.807) is 6.20 Å². The van der Waals surface area contributed by atoms with Crippen molar-refractivity contribution in [2.75, 3.05) is 13.2 Å². The number of H-pyrrole nitrogens is 1. The molecule has 2 fully saturated rings. The molecule has 15 heteroatoms. The van der Waals surface area contributed by atoms with Crippen molar-refractivity contribution in [1.29, 1.82) is 0 Å². The maximum Gasteiger partial charge on any atom is 0.251 e. The number of nitrogens with two attached hydrogens (primary N) is 1. The molecule has 8 atom stereocenters. The summed E-state index contributed by atoms with van der Waals surface area (Å²) in [7, 11) is 0. The maximum absolute atomic E-state index is 14.2. The van der Waals surface area contributed by atoms with Crippen LogP contribution in [0.4, 0.5) is 0 Å². The minimum absolute atomic E-state index is 0.0956. The lowest BCUT2D eigenvalue weighted by Gasteiger charge is -2.39. The zero-order valence-electron chi connectivity index (χ0n) is 27.9. The molecule has 3 aromatic rings. The van der Waals surface area contributed by atoms with E-state index in [-0.39, 0.29) is 30.2 Å². The highest BCUT2D eigenvalue weighted by atomic mass is 16.7. The van der Waals surface area contributed by atoms with E-state index in [0.717, 1.165) is 16.5 Å². The Labute approximate surface area is 288 Å². The molecule has 9 N–H and O–H groups in total. The van der Waals surface area contributed by atoms with Crippen LogP contribution in [0.1, 0.15) is 49.0 Å². The average molecular weight is 696 g/mol. The fourth-order valence-corrected chi connectivity index (χ4v) is 6.43. The molecule has 2 aliphatic heterocycles. The number of amides is 4. The normalized spacial score (nSPS) is 24.9. The molecule has 0 unspecified atom stereocenters. The van der Waals surface area contributed by atoms with Crippen LogP contribution >= 0.6 is 0 Å². The molecule has 0 aliphatic carbocycles. The van der Waals surface area contributed by atoms with Crippen LogP contribution < -0.4 is 21.1 Å². The number of aliphatic hydroxyl groups excluding tert-OH is 4. The number of ether oxygens (including phenoxy) is 2. The van der Waals surface area contributed by atoms with E-state index in [9.17, 15) is 39.6 Å². The van der Waals surface area contributed by atoms with Gasteiger partial charge in [-0.25, -0.2) is 0 Å². The van der Waals surface area contributed by atoms with Crippen LogP contribution in [-0.2, 0) is 25.5 Å². The molecule has 2 aromatic carbocycles. The number of aromatic nitrogens is 1. The molecule has 3 heterocycles. The summed E-state index contributed by atoms with van der Waals surface area (Å²) < 4.78 is 11.0. The first-order valence-corrected chi connectivity index (χ1v) is 16.7. The van der Waals surface area contributed by atoms with Crippen molar-refractivity contribution in [3.8, 4) is 5.75 Å². The molecule has 0 spiro atoms. The second kappa shape index (κ2) is 16.0. The maximum atomic E-state index is 14.2. The largest absolute Gasteiger partial charge is 0.462 e. The Morgan fingerprint density at radius 3 is 2.40 bits per heavy atom. The molecule has 2 aliphatic rings. The van der Waals surface area contributed by atoms with Gasteiger partial charge in [-0.05, 0) is 61.1 Å². The summed E-state index contributed by atoms with van der Waals surface area (Å²) in [4.78, 5) is 57.9. The van der Waals surface area contributed by atoms with E-state index in [1.165, 1.54) is 29.2 Å². The Kier molecular flexibility index (Phi) is 11.8. The summed E-state index contributed by atoms with van der Waals surface area (Å²) in [5.74, 6) is -1.91. The number of carbonyl (C=O) groups excluding carboxylic acids is 4. The number of para-hydroxylation sites is 1. The van der Waals surface area contributed by atoms with Crippen LogP contribution in [0.25, 0.3) is 10.9 Å². The molecule has 0 saturated carbocycles. The highest BCUT2D eigenvalue weighted by molar-refractivity contribution is 5.99. The van der Waals surface area contributed by atoms with Crippen LogP contribution in [0.15, 0.2) is 54.7 Å². The molecule has 15 nitrogen and oxygen atoms in total. The fraction of sp³-hybridized carbons (Fsp3) is 0.486. The molecule has 50 heavy (non-hydrogen) atoms. The van der Waals surface area contributed by atoms with Crippen LogP contribution in [0.2, 0.25) is 0 Å². The Bertz CT molecular complexity index is 1660. The van der Waals surface area contributed by atoms with Gasteiger partial charge in [-0.1, -0.05) is 32.0 Å². The summed E-state index contributed by atoms with van der Waals surface area (Å²) in [5, 5.41) is 46.3. The highest BCUT2D eigenvalue weighted by Crippen LogP contribution is 2.26. The Hall–Kier alpha value is -4.54. The van der Waals surface area contributed by atoms with Gasteiger partial charge in [-0.15, -0.1) is 0 Å². The van der Waals surface area contributed by atoms with E-state index in [4.69, 9.17) is 15.2 Å². The van der Waals surface area contributed by atoms with Crippen molar-refractivity contribution in [3.05, 3.63) is 65.9 Å². The zero-order chi connectivity index (χ0) is 36.1. The van der Waals surface area contributed by atoms with Gasteiger partial charge in [0.05, 0.1) is 6.61 Å². The van der Waals surface area contributed by atoms with Crippen molar-refractivity contribution < 1.29 is 49.1 Å². The topological polar surface area (TPSA) is 237 Å². The number of likely N-dealkylation sites (tertiary alicyclic amines) is 1. The van der Waals surface area contributed by atoms with E-state index < -0.39 is 79.1 Å². The Balaban J connectivity index is 1.33. The van der Waals surface area contributed by atoms with Gasteiger partial charge in [0.1, 0.15) is 48.3 Å². The fourth-order valence-electron chi connectivity index (χ4n) is 6.43. The van der Waals surface area contributed by atoms with Crippen molar-refractivity contribution in [3.63, 3.8) is 0 Å². The molecule has 0 bridgehead atoms. The first kappa shape index (κ1) is 36.7. The van der Waals surface area contributed by atoms with E-state index in [1.807, 2.05) is 38.1 Å². The number of hydrogen-bond acceptors (Lipinski definition) is 10. The molecule has 0 radical (unpaired) electrons. The Morgan fingerprint density at radius 2 is 1.72 bits per heavy atom. The molecule has 270 valence electrons. The van der Waals surface area contributed by atoms with Crippen molar-refractivity contribution in [2.45, 2.75) is 88.4 Å². The van der Waals surface area contributed by atoms with Gasteiger partial charge in [0.25, 0.3) is 5.91 Å². The van der Waals surface area contributed by atoms with Gasteiger partial charge in [0, 0.05) is 35.6 Å². The van der Waals surface area contributed by atoms with Crippen LogP contribution in [0.3, 0.4) is 0 Å². The average Bonchev–Trinajstić information content (AvgIpc) is 3.75. The van der Waals surface area contributed by atoms with Gasteiger partial charge < -0.3 is 56.2 Å². The predicted octanol–water partition coefficient (Wildman–Crippen LogP) is -0.305. The van der Waals surface area contributed by atoms with E-state index >= 15 is 0 Å². The summed E-state index contributed by atoms with van der Waals surface area (Å²) >= 11 is 0. The lowest BCUT2D eigenvalue weighted by atomic mass is 9.99. The predicted molar refractivity (Wildman–Crippen MR) is 179 cm³/mol. The third-order valence-electron chi connectivity index (χ3n) is 9.13. The molecular formula is C35H45N5O10. The Morgan fingerprint density at radius 1 is 1.00 bits per heavy atom. The van der Waals surface area contributed by atoms with Gasteiger partial charge in [0.2, 0.25) is 24.0 Å². The zero-order valence-corrected chi connectivity index (χ0v) is 27.9. The minimum atomic E-state index is -1.62. The molecule has 2 saturated heterocycles. The summed E-state index contributed by atoms with van der Waals surface area (Å²) in [5.41, 5.74) is 7.37. The van der Waals surface area contributed by atoms with Crippen LogP contribution in [-0.4, -0.2) is 116 Å². The third kappa shape index (κ3) is 8.25. The first-order chi connectivity index (χ1) is 23.9. The van der Waals surface area contributed by atoms with Crippen LogP contribution in [0, 0.1) is 5.92 Å². The first-order valence-electron chi connectivity index (χ1n) is 16.7. The number of primary amides is 1. The molecule has 4 amide bonds. The highest BCUT2D eigenvalue weighted by Gasteiger charge is 2.45. The number of aliphatic hydroxyl groups is 4. The number of benzene rings is 2. The van der Waals surface area contributed by atoms with Crippen molar-refractivity contribution >= 4 is 34.5 Å². The summed E-state index contributed by atoms with van der Waals surface area (Å²) in [6, 6.07) is 10.5. The summed E-state index contributed by atoms with van der Waals surface area (Å²) in [6.07, 6.45) is -4.13. The lowest BCUT2D eigenvalue weighted by molar-refractivity contribution is -0.277. The number of carbonyl (C=O) groups is 4. The third-order valence-corrected chi connectivity index (χ3v) is 9.13. The van der Waals surface area contributed by atoms with Gasteiger partial charge in [0.15, 0.2) is 0 Å². The monoisotopic (exact) mass is 695 g/mol. The second-order valence-electron chi connectivity index (χ2n) is 13.2. The number of nitrogens with zero attached hydrogens (tertiary/aromatic N) is 1.